The fraction of sp³-hybridized carbons (Fsp3) is 0.364. The van der Waals surface area contributed by atoms with Crippen LogP contribution in [0.5, 0.6) is 0 Å². The first-order valence-electron chi connectivity index (χ1n) is 10.2. The molecule has 2 N–H and O–H groups in total. The van der Waals surface area contributed by atoms with Crippen LogP contribution in [0.1, 0.15) is 17.8 Å². The van der Waals surface area contributed by atoms with Crippen LogP contribution in [-0.2, 0) is 9.53 Å². The van der Waals surface area contributed by atoms with Gasteiger partial charge < -0.3 is 20.3 Å². The lowest BCUT2D eigenvalue weighted by Crippen LogP contribution is -2.51. The molecule has 0 saturated carbocycles. The third-order valence-electron chi connectivity index (χ3n) is 5.35. The van der Waals surface area contributed by atoms with Gasteiger partial charge in [0.15, 0.2) is 0 Å². The van der Waals surface area contributed by atoms with Crippen LogP contribution in [0.2, 0.25) is 0 Å². The number of para-hydroxylation sites is 1. The molecule has 2 aliphatic heterocycles. The predicted molar refractivity (Wildman–Crippen MR) is 117 cm³/mol. The number of rotatable bonds is 6. The van der Waals surface area contributed by atoms with Crippen molar-refractivity contribution in [1.82, 2.24) is 15.5 Å². The smallest absolute Gasteiger partial charge is 0.338 e. The summed E-state index contributed by atoms with van der Waals surface area (Å²) in [5, 5.41) is 7.68. The van der Waals surface area contributed by atoms with Crippen LogP contribution in [0.3, 0.4) is 0 Å². The topological polar surface area (TPSA) is 73.9 Å². The van der Waals surface area contributed by atoms with E-state index in [2.05, 4.69) is 32.6 Å². The highest BCUT2D eigenvalue weighted by Crippen LogP contribution is 2.31. The van der Waals surface area contributed by atoms with E-state index >= 15 is 0 Å². The number of esters is 1. The number of urea groups is 1. The second-order valence-corrected chi connectivity index (χ2v) is 8.24. The third kappa shape index (κ3) is 4.49. The first-order valence-corrected chi connectivity index (χ1v) is 11.1. The van der Waals surface area contributed by atoms with Crippen molar-refractivity contribution < 1.29 is 14.3 Å². The van der Waals surface area contributed by atoms with E-state index in [4.69, 9.17) is 4.74 Å². The molecule has 2 aromatic rings. The highest BCUT2D eigenvalue weighted by Gasteiger charge is 2.35. The quantitative estimate of drug-likeness (QED) is 0.695. The van der Waals surface area contributed by atoms with E-state index in [9.17, 15) is 9.59 Å². The van der Waals surface area contributed by atoms with Crippen molar-refractivity contribution in [2.45, 2.75) is 13.0 Å². The lowest BCUT2D eigenvalue weighted by Gasteiger charge is -2.37. The number of carbonyl (C=O) groups is 2. The zero-order valence-electron chi connectivity index (χ0n) is 17.0. The summed E-state index contributed by atoms with van der Waals surface area (Å²) in [6, 6.07) is 13.4. The summed E-state index contributed by atoms with van der Waals surface area (Å²) >= 11 is 1.51. The van der Waals surface area contributed by atoms with Crippen molar-refractivity contribution in [2.75, 3.05) is 44.2 Å². The van der Waals surface area contributed by atoms with Gasteiger partial charge in [0.1, 0.15) is 0 Å². The molecular formula is C22H26N4O3S. The van der Waals surface area contributed by atoms with Crippen molar-refractivity contribution in [2.24, 2.45) is 0 Å². The van der Waals surface area contributed by atoms with E-state index in [1.165, 1.54) is 17.0 Å². The average molecular weight is 427 g/mol. The van der Waals surface area contributed by atoms with Gasteiger partial charge in [-0.15, -0.1) is 11.3 Å². The van der Waals surface area contributed by atoms with Gasteiger partial charge in [-0.25, -0.2) is 9.59 Å². The summed E-state index contributed by atoms with van der Waals surface area (Å²) in [5.74, 6) is -0.388. The Labute approximate surface area is 180 Å². The number of piperazine rings is 1. The third-order valence-corrected chi connectivity index (χ3v) is 6.29. The maximum absolute atomic E-state index is 12.8. The van der Waals surface area contributed by atoms with E-state index in [-0.39, 0.29) is 18.6 Å². The van der Waals surface area contributed by atoms with Crippen LogP contribution in [0.25, 0.3) is 0 Å². The summed E-state index contributed by atoms with van der Waals surface area (Å²) in [7, 11) is 0. The molecule has 4 rings (SSSR count). The highest BCUT2D eigenvalue weighted by atomic mass is 32.1. The van der Waals surface area contributed by atoms with Gasteiger partial charge >= 0.3 is 12.0 Å². The van der Waals surface area contributed by atoms with Crippen LogP contribution in [0, 0.1) is 0 Å². The molecule has 1 aromatic heterocycles. The summed E-state index contributed by atoms with van der Waals surface area (Å²) < 4.78 is 5.33. The largest absolute Gasteiger partial charge is 0.463 e. The second-order valence-electron chi connectivity index (χ2n) is 7.26. The van der Waals surface area contributed by atoms with E-state index in [1.807, 2.05) is 35.7 Å². The van der Waals surface area contributed by atoms with Crippen molar-refractivity contribution in [3.63, 3.8) is 0 Å². The number of benzene rings is 1. The molecule has 7 nitrogen and oxygen atoms in total. The zero-order valence-corrected chi connectivity index (χ0v) is 17.8. The zero-order chi connectivity index (χ0) is 20.9. The van der Waals surface area contributed by atoms with E-state index in [1.54, 1.807) is 6.92 Å². The van der Waals surface area contributed by atoms with Crippen molar-refractivity contribution in [1.29, 1.82) is 0 Å². The number of hydrogen-bond donors (Lipinski definition) is 2. The molecule has 1 fully saturated rings. The average Bonchev–Trinajstić information content (AvgIpc) is 3.29. The maximum atomic E-state index is 12.8. The summed E-state index contributed by atoms with van der Waals surface area (Å²) in [4.78, 5) is 30.7. The van der Waals surface area contributed by atoms with Crippen LogP contribution < -0.4 is 15.5 Å². The number of thiophene rings is 1. The maximum Gasteiger partial charge on any atom is 0.338 e. The van der Waals surface area contributed by atoms with Crippen molar-refractivity contribution in [3.8, 4) is 0 Å². The molecule has 1 aromatic carbocycles. The minimum Gasteiger partial charge on any atom is -0.463 e. The molecule has 0 radical (unpaired) electrons. The molecule has 0 aliphatic carbocycles. The Morgan fingerprint density at radius 2 is 1.90 bits per heavy atom. The molecule has 3 heterocycles. The lowest BCUT2D eigenvalue weighted by atomic mass is 10.0. The first kappa shape index (κ1) is 20.4. The molecule has 8 heteroatoms. The molecule has 158 valence electrons. The Morgan fingerprint density at radius 3 is 2.57 bits per heavy atom. The van der Waals surface area contributed by atoms with Gasteiger partial charge in [-0.3, -0.25) is 4.90 Å². The highest BCUT2D eigenvalue weighted by molar-refractivity contribution is 7.10. The molecule has 0 spiro atoms. The summed E-state index contributed by atoms with van der Waals surface area (Å²) in [6.07, 6.45) is 0. The normalized spacial score (nSPS) is 20.0. The number of ether oxygens (including phenoxy) is 1. The number of carbonyl (C=O) groups excluding carboxylic acids is 2. The Balaban J connectivity index is 1.53. The Kier molecular flexibility index (Phi) is 6.35. The molecular weight excluding hydrogens is 400 g/mol. The molecule has 1 atom stereocenters. The minimum atomic E-state index is -0.488. The second kappa shape index (κ2) is 9.32. The van der Waals surface area contributed by atoms with E-state index < -0.39 is 6.04 Å². The van der Waals surface area contributed by atoms with Crippen molar-refractivity contribution in [3.05, 3.63) is 64.0 Å². The predicted octanol–water partition coefficient (Wildman–Crippen LogP) is 2.74. The van der Waals surface area contributed by atoms with Gasteiger partial charge in [0.05, 0.1) is 18.2 Å². The van der Waals surface area contributed by atoms with Crippen LogP contribution in [0.15, 0.2) is 59.1 Å². The Hall–Kier alpha value is -2.84. The number of nitrogens with one attached hydrogen (secondary N) is 2. The van der Waals surface area contributed by atoms with Crippen LogP contribution in [0.4, 0.5) is 10.5 Å². The first-order chi connectivity index (χ1) is 14.7. The van der Waals surface area contributed by atoms with Gasteiger partial charge in [-0.05, 0) is 30.5 Å². The fourth-order valence-corrected chi connectivity index (χ4v) is 4.67. The fourth-order valence-electron chi connectivity index (χ4n) is 3.89. The van der Waals surface area contributed by atoms with E-state index in [0.717, 1.165) is 31.1 Å². The van der Waals surface area contributed by atoms with E-state index in [0.29, 0.717) is 17.8 Å². The Morgan fingerprint density at radius 1 is 1.13 bits per heavy atom. The summed E-state index contributed by atoms with van der Waals surface area (Å²) in [5.41, 5.74) is 2.34. The standard InChI is InChI=1S/C22H26N4O3S/c1-2-29-21(27)19-17(23-22(28)24-20(19)18-9-6-14-30-18)15-25-10-12-26(13-11-25)16-7-4-3-5-8-16/h3-9,14,20H,2,10-13,15H2,1H3,(H2,23,24,28)/t20-/m1/s1. The number of amides is 2. The van der Waals surface area contributed by atoms with Gasteiger partial charge in [-0.1, -0.05) is 24.3 Å². The molecule has 1 saturated heterocycles. The van der Waals surface area contributed by atoms with Gasteiger partial charge in [-0.2, -0.15) is 0 Å². The molecule has 30 heavy (non-hydrogen) atoms. The molecule has 0 bridgehead atoms. The minimum absolute atomic E-state index is 0.288. The summed E-state index contributed by atoms with van der Waals surface area (Å²) in [6.45, 7) is 6.07. The monoisotopic (exact) mass is 426 g/mol. The van der Waals surface area contributed by atoms with Gasteiger partial charge in [0.25, 0.3) is 0 Å². The van der Waals surface area contributed by atoms with Gasteiger partial charge in [0.2, 0.25) is 0 Å². The lowest BCUT2D eigenvalue weighted by molar-refractivity contribution is -0.139. The Bertz CT molecular complexity index is 906. The van der Waals surface area contributed by atoms with Crippen LogP contribution in [-0.4, -0.2) is 56.2 Å². The molecule has 2 aliphatic rings. The van der Waals surface area contributed by atoms with Gasteiger partial charge in [0, 0.05) is 49.0 Å². The number of anilines is 1. The molecule has 0 unspecified atom stereocenters. The SMILES string of the molecule is CCOC(=O)C1=C(CN2CCN(c3ccccc3)CC2)NC(=O)N[C@@H]1c1cccs1. The van der Waals surface area contributed by atoms with Crippen molar-refractivity contribution >= 4 is 29.0 Å². The number of hydrogen-bond acceptors (Lipinski definition) is 6. The number of nitrogens with zero attached hydrogens (tertiary/aromatic N) is 2. The van der Waals surface area contributed by atoms with Crippen LogP contribution >= 0.6 is 11.3 Å². The molecule has 2 amide bonds.